The number of nitrogens with zero attached hydrogens (tertiary/aromatic N) is 2. The molecule has 19 heavy (non-hydrogen) atoms. The lowest BCUT2D eigenvalue weighted by atomic mass is 10.0. The Morgan fingerprint density at radius 2 is 2.00 bits per heavy atom. The molecule has 0 spiro atoms. The van der Waals surface area contributed by atoms with E-state index in [9.17, 15) is 0 Å². The Morgan fingerprint density at radius 3 is 2.79 bits per heavy atom. The highest BCUT2D eigenvalue weighted by Crippen LogP contribution is 2.28. The number of hydrogen-bond donors (Lipinski definition) is 1. The molecule has 1 aromatic carbocycles. The van der Waals surface area contributed by atoms with E-state index < -0.39 is 0 Å². The predicted octanol–water partition coefficient (Wildman–Crippen LogP) is 3.36. The first-order chi connectivity index (χ1) is 9.22. The second-order valence-corrected chi connectivity index (χ2v) is 5.81. The van der Waals surface area contributed by atoms with Crippen LogP contribution in [0.3, 0.4) is 0 Å². The lowest BCUT2D eigenvalue weighted by molar-refractivity contribution is 0.668. The average molecular weight is 275 g/mol. The minimum Gasteiger partial charge on any atom is -0.316 e. The maximum absolute atomic E-state index is 4.33. The molecule has 1 heterocycles. The highest BCUT2D eigenvalue weighted by atomic mass is 32.1. The molecule has 1 N–H and O–H groups in total. The zero-order chi connectivity index (χ0) is 13.7. The minimum absolute atomic E-state index is 0.961. The summed E-state index contributed by atoms with van der Waals surface area (Å²) in [5, 5.41) is 14.2. The molecule has 0 aliphatic carbocycles. The molecular weight excluding hydrogens is 254 g/mol. The molecule has 1 aromatic heterocycles. The molecule has 0 atom stereocenters. The average Bonchev–Trinajstić information content (AvgIpc) is 2.87. The number of hydrogen-bond acceptors (Lipinski definition) is 4. The molecule has 0 radical (unpaired) electrons. The van der Waals surface area contributed by atoms with Crippen LogP contribution in [-0.2, 0) is 6.42 Å². The Labute approximate surface area is 119 Å². The standard InChI is InChI=1S/C15H21N3S/c1-4-9-16-10-8-14-17-18-15(19-14)13-7-5-6-11(2)12(13)3/h5-7,16H,4,8-10H2,1-3H3. The quantitative estimate of drug-likeness (QED) is 0.821. The van der Waals surface area contributed by atoms with E-state index >= 15 is 0 Å². The molecule has 4 heteroatoms. The lowest BCUT2D eigenvalue weighted by Gasteiger charge is -2.04. The first-order valence-corrected chi connectivity index (χ1v) is 7.63. The number of rotatable bonds is 6. The van der Waals surface area contributed by atoms with Crippen LogP contribution >= 0.6 is 11.3 Å². The topological polar surface area (TPSA) is 37.8 Å². The maximum Gasteiger partial charge on any atom is 0.148 e. The summed E-state index contributed by atoms with van der Waals surface area (Å²) in [5.41, 5.74) is 3.82. The fourth-order valence-corrected chi connectivity index (χ4v) is 2.87. The van der Waals surface area contributed by atoms with Gasteiger partial charge in [0.25, 0.3) is 0 Å². The summed E-state index contributed by atoms with van der Waals surface area (Å²) in [6.07, 6.45) is 2.13. The second kappa shape index (κ2) is 6.78. The summed E-state index contributed by atoms with van der Waals surface area (Å²) >= 11 is 1.70. The van der Waals surface area contributed by atoms with Crippen LogP contribution in [0.2, 0.25) is 0 Å². The van der Waals surface area contributed by atoms with Crippen LogP contribution in [0.4, 0.5) is 0 Å². The Balaban J connectivity index is 2.06. The van der Waals surface area contributed by atoms with E-state index in [1.54, 1.807) is 11.3 Å². The Hall–Kier alpha value is -1.26. The summed E-state index contributed by atoms with van der Waals surface area (Å²) in [5.74, 6) is 0. The number of nitrogens with one attached hydrogen (secondary N) is 1. The Bertz CT molecular complexity index is 534. The molecule has 0 bridgehead atoms. The van der Waals surface area contributed by atoms with Gasteiger partial charge < -0.3 is 5.32 Å². The molecular formula is C15H21N3S. The van der Waals surface area contributed by atoms with Crippen LogP contribution < -0.4 is 5.32 Å². The van der Waals surface area contributed by atoms with E-state index in [1.165, 1.54) is 23.1 Å². The highest BCUT2D eigenvalue weighted by molar-refractivity contribution is 7.14. The van der Waals surface area contributed by atoms with Gasteiger partial charge in [-0.2, -0.15) is 0 Å². The van der Waals surface area contributed by atoms with Crippen molar-refractivity contribution in [3.63, 3.8) is 0 Å². The molecule has 0 saturated carbocycles. The summed E-state index contributed by atoms with van der Waals surface area (Å²) < 4.78 is 0. The van der Waals surface area contributed by atoms with Gasteiger partial charge in [-0.15, -0.1) is 10.2 Å². The fourth-order valence-electron chi connectivity index (χ4n) is 1.94. The van der Waals surface area contributed by atoms with Crippen LogP contribution in [0.15, 0.2) is 18.2 Å². The van der Waals surface area contributed by atoms with Crippen LogP contribution in [0, 0.1) is 13.8 Å². The normalized spacial score (nSPS) is 10.9. The van der Waals surface area contributed by atoms with Crippen molar-refractivity contribution in [2.45, 2.75) is 33.6 Å². The van der Waals surface area contributed by atoms with Crippen LogP contribution in [0.5, 0.6) is 0 Å². The van der Waals surface area contributed by atoms with E-state index in [4.69, 9.17) is 0 Å². The molecule has 3 nitrogen and oxygen atoms in total. The zero-order valence-corrected chi connectivity index (χ0v) is 12.7. The molecule has 2 rings (SSSR count). The van der Waals surface area contributed by atoms with Gasteiger partial charge in [0.1, 0.15) is 10.0 Å². The first kappa shape index (κ1) is 14.2. The highest BCUT2D eigenvalue weighted by Gasteiger charge is 2.09. The number of aromatic nitrogens is 2. The lowest BCUT2D eigenvalue weighted by Crippen LogP contribution is -2.17. The van der Waals surface area contributed by atoms with Crippen molar-refractivity contribution in [2.24, 2.45) is 0 Å². The van der Waals surface area contributed by atoms with Crippen molar-refractivity contribution in [3.8, 4) is 10.6 Å². The van der Waals surface area contributed by atoms with E-state index in [2.05, 4.69) is 54.5 Å². The van der Waals surface area contributed by atoms with Crippen molar-refractivity contribution in [1.29, 1.82) is 0 Å². The van der Waals surface area contributed by atoms with Crippen LogP contribution in [-0.4, -0.2) is 23.3 Å². The third-order valence-corrected chi connectivity index (χ3v) is 4.26. The van der Waals surface area contributed by atoms with Crippen LogP contribution in [0.25, 0.3) is 10.6 Å². The summed E-state index contributed by atoms with van der Waals surface area (Å²) in [6, 6.07) is 6.35. The monoisotopic (exact) mass is 275 g/mol. The van der Waals surface area contributed by atoms with E-state index in [-0.39, 0.29) is 0 Å². The summed E-state index contributed by atoms with van der Waals surface area (Å²) in [4.78, 5) is 0. The Morgan fingerprint density at radius 1 is 1.16 bits per heavy atom. The smallest absolute Gasteiger partial charge is 0.148 e. The van der Waals surface area contributed by atoms with Crippen molar-refractivity contribution in [1.82, 2.24) is 15.5 Å². The van der Waals surface area contributed by atoms with Crippen molar-refractivity contribution in [3.05, 3.63) is 34.3 Å². The molecule has 0 unspecified atom stereocenters. The molecule has 0 saturated heterocycles. The van der Waals surface area contributed by atoms with E-state index in [0.29, 0.717) is 0 Å². The van der Waals surface area contributed by atoms with Crippen molar-refractivity contribution in [2.75, 3.05) is 13.1 Å². The van der Waals surface area contributed by atoms with Gasteiger partial charge in [0.15, 0.2) is 0 Å². The van der Waals surface area contributed by atoms with Crippen molar-refractivity contribution >= 4 is 11.3 Å². The first-order valence-electron chi connectivity index (χ1n) is 6.82. The SMILES string of the molecule is CCCNCCc1nnc(-c2cccc(C)c2C)s1. The van der Waals surface area contributed by atoms with Gasteiger partial charge in [-0.1, -0.05) is 36.5 Å². The molecule has 0 fully saturated rings. The third kappa shape index (κ3) is 3.61. The van der Waals surface area contributed by atoms with Crippen LogP contribution in [0.1, 0.15) is 29.5 Å². The molecule has 102 valence electrons. The van der Waals surface area contributed by atoms with Gasteiger partial charge in [-0.25, -0.2) is 0 Å². The molecule has 2 aromatic rings. The van der Waals surface area contributed by atoms with Gasteiger partial charge in [-0.05, 0) is 37.9 Å². The zero-order valence-electron chi connectivity index (χ0n) is 11.9. The summed E-state index contributed by atoms with van der Waals surface area (Å²) in [7, 11) is 0. The van der Waals surface area contributed by atoms with E-state index in [0.717, 1.165) is 29.5 Å². The maximum atomic E-state index is 4.33. The predicted molar refractivity (Wildman–Crippen MR) is 81.7 cm³/mol. The fraction of sp³-hybridized carbons (Fsp3) is 0.467. The minimum atomic E-state index is 0.961. The van der Waals surface area contributed by atoms with E-state index in [1.807, 2.05) is 0 Å². The number of benzene rings is 1. The van der Waals surface area contributed by atoms with Gasteiger partial charge in [0.05, 0.1) is 0 Å². The van der Waals surface area contributed by atoms with Gasteiger partial charge in [0.2, 0.25) is 0 Å². The van der Waals surface area contributed by atoms with Crippen molar-refractivity contribution < 1.29 is 0 Å². The number of aryl methyl sites for hydroxylation is 1. The second-order valence-electron chi connectivity index (χ2n) is 4.75. The largest absolute Gasteiger partial charge is 0.316 e. The molecule has 0 aliphatic rings. The van der Waals surface area contributed by atoms with Gasteiger partial charge in [-0.3, -0.25) is 0 Å². The Kier molecular flexibility index (Phi) is 5.05. The molecule has 0 amide bonds. The summed E-state index contributed by atoms with van der Waals surface area (Å²) in [6.45, 7) is 8.51. The third-order valence-electron chi connectivity index (χ3n) is 3.24. The van der Waals surface area contributed by atoms with Gasteiger partial charge >= 0.3 is 0 Å². The molecule has 0 aliphatic heterocycles. The van der Waals surface area contributed by atoms with Gasteiger partial charge in [0, 0.05) is 18.5 Å².